The maximum Gasteiger partial charge on any atom is 0.410 e. The normalized spacial score (nSPS) is 13.8. The first-order valence-corrected chi connectivity index (χ1v) is 8.81. The molecule has 0 saturated heterocycles. The molecular formula is C18H12F6S2. The van der Waals surface area contributed by atoms with Crippen molar-refractivity contribution < 1.29 is 26.3 Å². The number of thioether (sulfide) groups is 2. The third-order valence-electron chi connectivity index (χ3n) is 2.77. The Bertz CT molecular complexity index is 694. The van der Waals surface area contributed by atoms with Crippen molar-refractivity contribution in [3.8, 4) is 0 Å². The molecule has 0 spiro atoms. The number of benzene rings is 2. The molecule has 2 aromatic rings. The molecule has 26 heavy (non-hydrogen) atoms. The van der Waals surface area contributed by atoms with Gasteiger partial charge in [-0.25, -0.2) is 0 Å². The average molecular weight is 406 g/mol. The first kappa shape index (κ1) is 20.5. The summed E-state index contributed by atoms with van der Waals surface area (Å²) < 4.78 is 77.6. The molecule has 0 fully saturated rings. The number of alkyl halides is 6. The zero-order valence-corrected chi connectivity index (χ0v) is 14.6. The minimum Gasteiger partial charge on any atom is -0.167 e. The van der Waals surface area contributed by atoms with Crippen molar-refractivity contribution in [1.29, 1.82) is 0 Å². The number of halogens is 6. The van der Waals surface area contributed by atoms with Gasteiger partial charge in [0.1, 0.15) is 0 Å². The number of hydrogen-bond donors (Lipinski definition) is 0. The third kappa shape index (κ3) is 7.61. The first-order chi connectivity index (χ1) is 12.1. The molecule has 0 saturated carbocycles. The molecule has 0 radical (unpaired) electrons. The molecule has 0 nitrogen and oxygen atoms in total. The molecule has 0 aliphatic heterocycles. The lowest BCUT2D eigenvalue weighted by Crippen LogP contribution is -2.06. The molecule has 0 bridgehead atoms. The van der Waals surface area contributed by atoms with Gasteiger partial charge in [0.15, 0.2) is 0 Å². The monoisotopic (exact) mass is 406 g/mol. The first-order valence-electron chi connectivity index (χ1n) is 7.18. The van der Waals surface area contributed by atoms with Gasteiger partial charge in [0.25, 0.3) is 0 Å². The van der Waals surface area contributed by atoms with E-state index < -0.39 is 22.2 Å². The van der Waals surface area contributed by atoms with Crippen molar-refractivity contribution in [3.05, 3.63) is 82.6 Å². The van der Waals surface area contributed by atoms with Crippen LogP contribution in [0, 0.1) is 0 Å². The molecule has 0 atom stereocenters. The molecule has 0 aromatic heterocycles. The number of hydrogen-bond acceptors (Lipinski definition) is 2. The molecule has 0 aliphatic rings. The highest BCUT2D eigenvalue weighted by Crippen LogP contribution is 2.43. The topological polar surface area (TPSA) is 0 Å². The SMILES string of the molecule is FC(F)(F)/C=C(Sc1ccccc1)\C(=C/C(F)(F)F)Sc1ccccc1. The van der Waals surface area contributed by atoms with Crippen LogP contribution in [0.2, 0.25) is 0 Å². The van der Waals surface area contributed by atoms with Gasteiger partial charge in [-0.05, 0) is 24.3 Å². The fourth-order valence-electron chi connectivity index (χ4n) is 1.83. The van der Waals surface area contributed by atoms with Crippen LogP contribution in [0.5, 0.6) is 0 Å². The van der Waals surface area contributed by atoms with Crippen LogP contribution in [0.15, 0.2) is 92.4 Å². The Kier molecular flexibility index (Phi) is 6.88. The highest BCUT2D eigenvalue weighted by molar-refractivity contribution is 8.08. The average Bonchev–Trinajstić information content (AvgIpc) is 2.53. The Morgan fingerprint density at radius 1 is 0.577 bits per heavy atom. The van der Waals surface area contributed by atoms with E-state index in [0.717, 1.165) is 0 Å². The lowest BCUT2D eigenvalue weighted by atomic mass is 10.4. The Hall–Kier alpha value is -1.80. The summed E-state index contributed by atoms with van der Waals surface area (Å²) in [5, 5.41) is 0. The van der Waals surface area contributed by atoms with Crippen LogP contribution in [0.3, 0.4) is 0 Å². The van der Waals surface area contributed by atoms with Gasteiger partial charge in [0, 0.05) is 31.8 Å². The van der Waals surface area contributed by atoms with E-state index in [1.165, 1.54) is 24.3 Å². The fraction of sp³-hybridized carbons (Fsp3) is 0.111. The summed E-state index contributed by atoms with van der Waals surface area (Å²) in [6.45, 7) is 0. The summed E-state index contributed by atoms with van der Waals surface area (Å²) in [6, 6.07) is 15.9. The van der Waals surface area contributed by atoms with E-state index in [1.807, 2.05) is 0 Å². The van der Waals surface area contributed by atoms with E-state index in [9.17, 15) is 26.3 Å². The lowest BCUT2D eigenvalue weighted by Gasteiger charge is -2.14. The van der Waals surface area contributed by atoms with E-state index in [-0.39, 0.29) is 12.2 Å². The minimum absolute atomic E-state index is 0.0990. The zero-order valence-electron chi connectivity index (χ0n) is 13.0. The van der Waals surface area contributed by atoms with Crippen LogP contribution in [-0.4, -0.2) is 12.4 Å². The molecule has 138 valence electrons. The van der Waals surface area contributed by atoms with Gasteiger partial charge < -0.3 is 0 Å². The zero-order chi connectivity index (χ0) is 19.2. The van der Waals surface area contributed by atoms with Crippen molar-refractivity contribution in [1.82, 2.24) is 0 Å². The Morgan fingerprint density at radius 3 is 1.15 bits per heavy atom. The lowest BCUT2D eigenvalue weighted by molar-refractivity contribution is -0.0821. The Labute approximate surface area is 155 Å². The molecule has 2 aromatic carbocycles. The third-order valence-corrected chi connectivity index (χ3v) is 5.03. The van der Waals surface area contributed by atoms with Crippen molar-refractivity contribution in [2.45, 2.75) is 22.1 Å². The van der Waals surface area contributed by atoms with Gasteiger partial charge in [-0.3, -0.25) is 0 Å². The Morgan fingerprint density at radius 2 is 0.885 bits per heavy atom. The molecule has 0 unspecified atom stereocenters. The summed E-state index contributed by atoms with van der Waals surface area (Å²) >= 11 is 1.27. The number of rotatable bonds is 5. The summed E-state index contributed by atoms with van der Waals surface area (Å²) in [7, 11) is 0. The second-order valence-corrected chi connectivity index (χ2v) is 7.16. The standard InChI is InChI=1S/C18H12F6S2/c19-17(20,21)11-15(25-13-7-3-1-4-8-13)16(12-18(22,23)24)26-14-9-5-2-6-10-14/h1-12H/b15-11+,16-12+. The maximum absolute atomic E-state index is 12.9. The molecule has 8 heteroatoms. The van der Waals surface area contributed by atoms with Gasteiger partial charge in [-0.15, -0.1) is 0 Å². The highest BCUT2D eigenvalue weighted by Gasteiger charge is 2.30. The predicted molar refractivity (Wildman–Crippen MR) is 92.9 cm³/mol. The summed E-state index contributed by atoms with van der Waals surface area (Å²) in [5.41, 5.74) is 0. The number of allylic oxidation sites excluding steroid dienone is 2. The maximum atomic E-state index is 12.9. The van der Waals surface area contributed by atoms with Crippen LogP contribution in [0.25, 0.3) is 0 Å². The minimum atomic E-state index is -4.75. The smallest absolute Gasteiger partial charge is 0.167 e. The summed E-state index contributed by atoms with van der Waals surface area (Å²) in [5.74, 6) is 0. The van der Waals surface area contributed by atoms with Crippen LogP contribution >= 0.6 is 23.5 Å². The van der Waals surface area contributed by atoms with E-state index in [4.69, 9.17) is 0 Å². The van der Waals surface area contributed by atoms with E-state index in [0.29, 0.717) is 33.3 Å². The second kappa shape index (κ2) is 8.73. The van der Waals surface area contributed by atoms with Gasteiger partial charge in [0.2, 0.25) is 0 Å². The largest absolute Gasteiger partial charge is 0.410 e. The quantitative estimate of drug-likeness (QED) is 0.287. The molecule has 0 amide bonds. The van der Waals surface area contributed by atoms with Gasteiger partial charge in [-0.2, -0.15) is 26.3 Å². The highest BCUT2D eigenvalue weighted by atomic mass is 32.2. The van der Waals surface area contributed by atoms with E-state index in [2.05, 4.69) is 0 Å². The van der Waals surface area contributed by atoms with E-state index >= 15 is 0 Å². The van der Waals surface area contributed by atoms with Crippen molar-refractivity contribution in [2.24, 2.45) is 0 Å². The van der Waals surface area contributed by atoms with Crippen LogP contribution < -0.4 is 0 Å². The molecule has 0 heterocycles. The summed E-state index contributed by atoms with van der Waals surface area (Å²) in [4.78, 5) is -0.223. The predicted octanol–water partition coefficient (Wildman–Crippen LogP) is 7.46. The van der Waals surface area contributed by atoms with E-state index in [1.54, 1.807) is 36.4 Å². The molecule has 2 rings (SSSR count). The molecule has 0 N–H and O–H groups in total. The van der Waals surface area contributed by atoms with Crippen LogP contribution in [-0.2, 0) is 0 Å². The second-order valence-electron chi connectivity index (χ2n) is 4.93. The summed E-state index contributed by atoms with van der Waals surface area (Å²) in [6.07, 6.45) is -9.70. The Balaban J connectivity index is 2.46. The fourth-order valence-corrected chi connectivity index (χ4v) is 3.88. The molecular weight excluding hydrogens is 394 g/mol. The van der Waals surface area contributed by atoms with Crippen molar-refractivity contribution in [2.75, 3.05) is 0 Å². The van der Waals surface area contributed by atoms with Crippen molar-refractivity contribution >= 4 is 23.5 Å². The molecule has 0 aliphatic carbocycles. The van der Waals surface area contributed by atoms with Gasteiger partial charge >= 0.3 is 12.4 Å². The van der Waals surface area contributed by atoms with Crippen LogP contribution in [0.1, 0.15) is 0 Å². The van der Waals surface area contributed by atoms with Crippen LogP contribution in [0.4, 0.5) is 26.3 Å². The van der Waals surface area contributed by atoms with Gasteiger partial charge in [0.05, 0.1) is 0 Å². The van der Waals surface area contributed by atoms with Crippen molar-refractivity contribution in [3.63, 3.8) is 0 Å². The van der Waals surface area contributed by atoms with Gasteiger partial charge in [-0.1, -0.05) is 59.9 Å².